The molecule has 0 aliphatic heterocycles. The van der Waals surface area contributed by atoms with Gasteiger partial charge in [0.1, 0.15) is 17.3 Å². The fourth-order valence-corrected chi connectivity index (χ4v) is 1.85. The molecule has 88 valence electrons. The third-order valence-electron chi connectivity index (χ3n) is 2.89. The Labute approximate surface area is 98.9 Å². The number of hydrogen-bond donors (Lipinski definition) is 0. The number of benzene rings is 1. The Morgan fingerprint density at radius 1 is 1.35 bits per heavy atom. The van der Waals surface area contributed by atoms with E-state index in [-0.39, 0.29) is 5.82 Å². The Balaban J connectivity index is 2.67. The van der Waals surface area contributed by atoms with E-state index in [1.165, 1.54) is 6.07 Å². The third-order valence-corrected chi connectivity index (χ3v) is 2.89. The highest BCUT2D eigenvalue weighted by Gasteiger charge is 2.14. The van der Waals surface area contributed by atoms with E-state index in [0.717, 1.165) is 23.4 Å². The monoisotopic (exact) mass is 232 g/mol. The van der Waals surface area contributed by atoms with E-state index < -0.39 is 0 Å². The molecule has 0 amide bonds. The first-order chi connectivity index (χ1) is 8.04. The summed E-state index contributed by atoms with van der Waals surface area (Å²) in [4.78, 5) is 15.1. The lowest BCUT2D eigenvalue weighted by Crippen LogP contribution is -1.96. The molecule has 3 nitrogen and oxygen atoms in total. The molecule has 0 aliphatic carbocycles. The quantitative estimate of drug-likeness (QED) is 0.746. The summed E-state index contributed by atoms with van der Waals surface area (Å²) in [6.45, 7) is 3.52. The summed E-state index contributed by atoms with van der Waals surface area (Å²) < 4.78 is 15.0. The summed E-state index contributed by atoms with van der Waals surface area (Å²) in [6.07, 6.45) is 0.723. The molecule has 1 heterocycles. The summed E-state index contributed by atoms with van der Waals surface area (Å²) in [5.74, 6) is 0.504. The number of nitrogens with zero attached hydrogens (tertiary/aromatic N) is 2. The van der Waals surface area contributed by atoms with Crippen molar-refractivity contribution in [2.75, 3.05) is 0 Å². The molecule has 0 aliphatic rings. The molecule has 2 aromatic rings. The van der Waals surface area contributed by atoms with E-state index in [1.54, 1.807) is 19.1 Å². The Kier molecular flexibility index (Phi) is 2.79. The van der Waals surface area contributed by atoms with Crippen LogP contribution in [0.25, 0.3) is 11.3 Å². The molecule has 4 heteroatoms. The van der Waals surface area contributed by atoms with Gasteiger partial charge in [-0.2, -0.15) is 0 Å². The third kappa shape index (κ3) is 1.86. The zero-order valence-corrected chi connectivity index (χ0v) is 9.99. The number of aromatic nitrogens is 2. The predicted molar refractivity (Wildman–Crippen MR) is 63.5 cm³/mol. The summed E-state index contributed by atoms with van der Waals surface area (Å²) >= 11 is 0. The Morgan fingerprint density at radius 3 is 2.65 bits per heavy atom. The highest BCUT2D eigenvalue weighted by Crippen LogP contribution is 2.25. The van der Waals surface area contributed by atoms with Crippen LogP contribution in [0.4, 0.5) is 4.39 Å². The molecule has 0 radical (unpaired) electrons. The molecule has 17 heavy (non-hydrogen) atoms. The van der Waals surface area contributed by atoms with Gasteiger partial charge < -0.3 is 4.57 Å². The lowest BCUT2D eigenvalue weighted by molar-refractivity contribution is 0.112. The largest absolute Gasteiger partial charge is 0.331 e. The van der Waals surface area contributed by atoms with Gasteiger partial charge in [0.25, 0.3) is 0 Å². The van der Waals surface area contributed by atoms with Gasteiger partial charge in [-0.3, -0.25) is 4.79 Å². The van der Waals surface area contributed by atoms with Crippen LogP contribution in [-0.2, 0) is 7.05 Å². The average Bonchev–Trinajstić information content (AvgIpc) is 2.59. The second-order valence-corrected chi connectivity index (χ2v) is 4.03. The van der Waals surface area contributed by atoms with Gasteiger partial charge in [-0.25, -0.2) is 9.37 Å². The van der Waals surface area contributed by atoms with Crippen molar-refractivity contribution in [1.82, 2.24) is 9.55 Å². The fourth-order valence-electron chi connectivity index (χ4n) is 1.85. The molecule has 2 rings (SSSR count). The molecule has 0 atom stereocenters. The SMILES string of the molecule is Cc1cc(-c2c(C=O)nc(C)n2C)ccc1F. The molecule has 1 aromatic carbocycles. The molecule has 0 saturated carbocycles. The van der Waals surface area contributed by atoms with Crippen molar-refractivity contribution in [3.63, 3.8) is 0 Å². The van der Waals surface area contributed by atoms with Crippen molar-refractivity contribution < 1.29 is 9.18 Å². The molecule has 0 saturated heterocycles. The van der Waals surface area contributed by atoms with Crippen LogP contribution in [-0.4, -0.2) is 15.8 Å². The maximum absolute atomic E-state index is 13.2. The summed E-state index contributed by atoms with van der Waals surface area (Å²) in [5, 5.41) is 0. The molecular weight excluding hydrogens is 219 g/mol. The second kappa shape index (κ2) is 4.13. The number of carbonyl (C=O) groups is 1. The van der Waals surface area contributed by atoms with Crippen LogP contribution in [0.2, 0.25) is 0 Å². The number of imidazole rings is 1. The maximum Gasteiger partial charge on any atom is 0.170 e. The van der Waals surface area contributed by atoms with Gasteiger partial charge in [0, 0.05) is 12.6 Å². The van der Waals surface area contributed by atoms with E-state index >= 15 is 0 Å². The first kappa shape index (κ1) is 11.5. The van der Waals surface area contributed by atoms with Gasteiger partial charge >= 0.3 is 0 Å². The van der Waals surface area contributed by atoms with Gasteiger partial charge in [0.2, 0.25) is 0 Å². The van der Waals surface area contributed by atoms with Crippen LogP contribution >= 0.6 is 0 Å². The molecular formula is C13H13FN2O. The maximum atomic E-state index is 13.2. The van der Waals surface area contributed by atoms with E-state index in [0.29, 0.717) is 11.3 Å². The van der Waals surface area contributed by atoms with Crippen molar-refractivity contribution >= 4 is 6.29 Å². The highest BCUT2D eigenvalue weighted by atomic mass is 19.1. The predicted octanol–water partition coefficient (Wildman–Crippen LogP) is 2.66. The number of hydrogen-bond acceptors (Lipinski definition) is 2. The number of rotatable bonds is 2. The zero-order valence-electron chi connectivity index (χ0n) is 9.99. The molecule has 0 bridgehead atoms. The second-order valence-electron chi connectivity index (χ2n) is 4.03. The summed E-state index contributed by atoms with van der Waals surface area (Å²) in [7, 11) is 1.84. The van der Waals surface area contributed by atoms with Crippen molar-refractivity contribution in [2.24, 2.45) is 7.05 Å². The minimum absolute atomic E-state index is 0.250. The van der Waals surface area contributed by atoms with Crippen LogP contribution in [0, 0.1) is 19.7 Å². The molecule has 1 aromatic heterocycles. The minimum atomic E-state index is -0.250. The van der Waals surface area contributed by atoms with Crippen molar-refractivity contribution in [1.29, 1.82) is 0 Å². The highest BCUT2D eigenvalue weighted by molar-refractivity contribution is 5.84. The smallest absolute Gasteiger partial charge is 0.170 e. The Bertz CT molecular complexity index is 587. The Hall–Kier alpha value is -1.97. The number of aldehydes is 1. The van der Waals surface area contributed by atoms with E-state index in [4.69, 9.17) is 0 Å². The molecule has 0 fully saturated rings. The Morgan fingerprint density at radius 2 is 2.06 bits per heavy atom. The van der Waals surface area contributed by atoms with Crippen molar-refractivity contribution in [2.45, 2.75) is 13.8 Å². The van der Waals surface area contributed by atoms with Gasteiger partial charge in [-0.05, 0) is 37.6 Å². The molecule has 0 unspecified atom stereocenters. The van der Waals surface area contributed by atoms with Crippen molar-refractivity contribution in [3.05, 3.63) is 41.1 Å². The normalized spacial score (nSPS) is 10.6. The topological polar surface area (TPSA) is 34.9 Å². The standard InChI is InChI=1S/C13H13FN2O/c1-8-6-10(4-5-11(8)14)13-12(7-17)15-9(2)16(13)3/h4-7H,1-3H3. The first-order valence-electron chi connectivity index (χ1n) is 5.29. The summed E-state index contributed by atoms with van der Waals surface area (Å²) in [6, 6.07) is 4.78. The first-order valence-corrected chi connectivity index (χ1v) is 5.29. The van der Waals surface area contributed by atoms with E-state index in [2.05, 4.69) is 4.98 Å². The van der Waals surface area contributed by atoms with Gasteiger partial charge in [0.15, 0.2) is 6.29 Å². The van der Waals surface area contributed by atoms with Gasteiger partial charge in [-0.1, -0.05) is 0 Å². The number of carbonyl (C=O) groups excluding carboxylic acids is 1. The molecule has 0 spiro atoms. The van der Waals surface area contributed by atoms with E-state index in [9.17, 15) is 9.18 Å². The van der Waals surface area contributed by atoms with E-state index in [1.807, 2.05) is 18.5 Å². The molecule has 0 N–H and O–H groups in total. The fraction of sp³-hybridized carbons (Fsp3) is 0.231. The minimum Gasteiger partial charge on any atom is -0.331 e. The van der Waals surface area contributed by atoms with Crippen LogP contribution in [0.1, 0.15) is 21.9 Å². The zero-order chi connectivity index (χ0) is 12.6. The summed E-state index contributed by atoms with van der Waals surface area (Å²) in [5.41, 5.74) is 2.46. The van der Waals surface area contributed by atoms with Crippen LogP contribution in [0.15, 0.2) is 18.2 Å². The van der Waals surface area contributed by atoms with Crippen LogP contribution in [0.5, 0.6) is 0 Å². The van der Waals surface area contributed by atoms with Crippen molar-refractivity contribution in [3.8, 4) is 11.3 Å². The lowest BCUT2D eigenvalue weighted by atomic mass is 10.1. The van der Waals surface area contributed by atoms with Gasteiger partial charge in [0.05, 0.1) is 5.69 Å². The number of aryl methyl sites for hydroxylation is 2. The van der Waals surface area contributed by atoms with Gasteiger partial charge in [-0.15, -0.1) is 0 Å². The number of halogens is 1. The van der Waals surface area contributed by atoms with Crippen LogP contribution in [0.3, 0.4) is 0 Å². The average molecular weight is 232 g/mol. The van der Waals surface area contributed by atoms with Crippen LogP contribution < -0.4 is 0 Å². The lowest BCUT2D eigenvalue weighted by Gasteiger charge is -2.06.